The number of morpholine rings is 1. The van der Waals surface area contributed by atoms with E-state index < -0.39 is 10.0 Å². The monoisotopic (exact) mass is 400 g/mol. The Labute approximate surface area is 161 Å². The number of nitrogens with one attached hydrogen (secondary N) is 2. The van der Waals surface area contributed by atoms with Crippen LogP contribution in [0.1, 0.15) is 19.4 Å². The molecule has 2 N–H and O–H groups in total. The van der Waals surface area contributed by atoms with Crippen LogP contribution in [0.2, 0.25) is 0 Å². The van der Waals surface area contributed by atoms with E-state index >= 15 is 0 Å². The molecular weight excluding hydrogens is 371 g/mol. The summed E-state index contributed by atoms with van der Waals surface area (Å²) in [5.74, 6) is 0.231. The lowest BCUT2D eigenvalue weighted by molar-refractivity contribution is 0.0730. The molecule has 0 atom stereocenters. The molecule has 0 spiro atoms. The zero-order valence-corrected chi connectivity index (χ0v) is 17.0. The maximum atomic E-state index is 13.5. The summed E-state index contributed by atoms with van der Waals surface area (Å²) in [6.45, 7) is 6.45. The predicted molar refractivity (Wildman–Crippen MR) is 105 cm³/mol. The normalized spacial score (nSPS) is 17.0. The van der Waals surface area contributed by atoms with Crippen molar-refractivity contribution in [3.8, 4) is 0 Å². The van der Waals surface area contributed by atoms with Crippen molar-refractivity contribution in [1.82, 2.24) is 14.9 Å². The summed E-state index contributed by atoms with van der Waals surface area (Å²) in [7, 11) is -1.69. The van der Waals surface area contributed by atoms with Crippen molar-refractivity contribution in [2.24, 2.45) is 4.99 Å². The SMILES string of the molecule is CN=C(NCCS(=O)(=O)N1CCOCC1)NCC(C)(C)c1cccc(F)c1. The number of sulfonamides is 1. The fraction of sp³-hybridized carbons (Fsp3) is 0.611. The third-order valence-electron chi connectivity index (χ3n) is 4.54. The third kappa shape index (κ3) is 6.44. The Morgan fingerprint density at radius 1 is 1.30 bits per heavy atom. The van der Waals surface area contributed by atoms with E-state index in [9.17, 15) is 12.8 Å². The van der Waals surface area contributed by atoms with E-state index in [0.717, 1.165) is 5.56 Å². The molecule has 9 heteroatoms. The van der Waals surface area contributed by atoms with Crippen LogP contribution in [-0.2, 0) is 20.2 Å². The predicted octanol–water partition coefficient (Wildman–Crippen LogP) is 0.930. The highest BCUT2D eigenvalue weighted by molar-refractivity contribution is 7.89. The van der Waals surface area contributed by atoms with E-state index in [1.807, 2.05) is 19.9 Å². The molecule has 7 nitrogen and oxygen atoms in total. The van der Waals surface area contributed by atoms with Crippen LogP contribution in [0.15, 0.2) is 29.3 Å². The average Bonchev–Trinajstić information content (AvgIpc) is 2.65. The molecule has 1 fully saturated rings. The number of rotatable bonds is 7. The standard InChI is InChI=1S/C18H29FN4O3S/c1-18(2,15-5-4-6-16(19)13-15)14-22-17(20-3)21-7-12-27(24,25)23-8-10-26-11-9-23/h4-6,13H,7-12,14H2,1-3H3,(H2,20,21,22). The van der Waals surface area contributed by atoms with E-state index in [4.69, 9.17) is 4.74 Å². The molecule has 1 heterocycles. The van der Waals surface area contributed by atoms with Crippen molar-refractivity contribution in [1.29, 1.82) is 0 Å². The Bertz CT molecular complexity index is 747. The highest BCUT2D eigenvalue weighted by Gasteiger charge is 2.24. The molecule has 0 saturated carbocycles. The Morgan fingerprint density at radius 2 is 2.00 bits per heavy atom. The number of aliphatic imine (C=N–C) groups is 1. The summed E-state index contributed by atoms with van der Waals surface area (Å²) in [5, 5.41) is 6.21. The number of halogens is 1. The molecule has 0 amide bonds. The van der Waals surface area contributed by atoms with Gasteiger partial charge in [0.25, 0.3) is 0 Å². The molecule has 152 valence electrons. The molecule has 1 saturated heterocycles. The lowest BCUT2D eigenvalue weighted by Gasteiger charge is -2.27. The van der Waals surface area contributed by atoms with Crippen molar-refractivity contribution >= 4 is 16.0 Å². The van der Waals surface area contributed by atoms with E-state index in [0.29, 0.717) is 38.8 Å². The summed E-state index contributed by atoms with van der Waals surface area (Å²) >= 11 is 0. The van der Waals surface area contributed by atoms with Crippen LogP contribution >= 0.6 is 0 Å². The zero-order valence-electron chi connectivity index (χ0n) is 16.2. The Kier molecular flexibility index (Phi) is 7.58. The first-order chi connectivity index (χ1) is 12.7. The number of guanidine groups is 1. The largest absolute Gasteiger partial charge is 0.379 e. The second kappa shape index (κ2) is 9.48. The summed E-state index contributed by atoms with van der Waals surface area (Å²) in [4.78, 5) is 4.13. The zero-order chi connectivity index (χ0) is 19.9. The number of hydrogen-bond acceptors (Lipinski definition) is 4. The minimum atomic E-state index is -3.31. The number of benzene rings is 1. The fourth-order valence-corrected chi connectivity index (χ4v) is 4.11. The van der Waals surface area contributed by atoms with Crippen molar-refractivity contribution in [3.05, 3.63) is 35.6 Å². The molecule has 0 bridgehead atoms. The quantitative estimate of drug-likeness (QED) is 0.526. The van der Waals surface area contributed by atoms with Crippen LogP contribution in [-0.4, -0.2) is 70.9 Å². The van der Waals surface area contributed by atoms with Gasteiger partial charge in [-0.25, -0.2) is 12.8 Å². The highest BCUT2D eigenvalue weighted by Crippen LogP contribution is 2.22. The van der Waals surface area contributed by atoms with Gasteiger partial charge in [0.05, 0.1) is 19.0 Å². The maximum absolute atomic E-state index is 13.5. The molecule has 1 aliphatic heterocycles. The highest BCUT2D eigenvalue weighted by atomic mass is 32.2. The Morgan fingerprint density at radius 3 is 2.63 bits per heavy atom. The van der Waals surface area contributed by atoms with Gasteiger partial charge in [-0.05, 0) is 17.7 Å². The number of hydrogen-bond donors (Lipinski definition) is 2. The van der Waals surface area contributed by atoms with Gasteiger partial charge < -0.3 is 15.4 Å². The van der Waals surface area contributed by atoms with Crippen molar-refractivity contribution in [2.45, 2.75) is 19.3 Å². The van der Waals surface area contributed by atoms with Gasteiger partial charge in [0.15, 0.2) is 5.96 Å². The van der Waals surface area contributed by atoms with Gasteiger partial charge in [-0.3, -0.25) is 4.99 Å². The van der Waals surface area contributed by atoms with Crippen molar-refractivity contribution in [2.75, 3.05) is 52.2 Å². The van der Waals surface area contributed by atoms with Crippen LogP contribution in [0, 0.1) is 5.82 Å². The maximum Gasteiger partial charge on any atom is 0.215 e. The number of nitrogens with zero attached hydrogens (tertiary/aromatic N) is 2. The molecule has 0 radical (unpaired) electrons. The van der Waals surface area contributed by atoms with Gasteiger partial charge in [0.2, 0.25) is 10.0 Å². The van der Waals surface area contributed by atoms with E-state index in [1.165, 1.54) is 16.4 Å². The summed E-state index contributed by atoms with van der Waals surface area (Å²) in [5.41, 5.74) is 0.555. The third-order valence-corrected chi connectivity index (χ3v) is 6.42. The molecule has 1 aromatic carbocycles. The average molecular weight is 401 g/mol. The van der Waals surface area contributed by atoms with Gasteiger partial charge >= 0.3 is 0 Å². The van der Waals surface area contributed by atoms with Gasteiger partial charge in [0.1, 0.15) is 5.82 Å². The summed E-state index contributed by atoms with van der Waals surface area (Å²) in [6, 6.07) is 6.51. The van der Waals surface area contributed by atoms with Crippen molar-refractivity contribution in [3.63, 3.8) is 0 Å². The van der Waals surface area contributed by atoms with Crippen molar-refractivity contribution < 1.29 is 17.5 Å². The van der Waals surface area contributed by atoms with Gasteiger partial charge in [-0.15, -0.1) is 0 Å². The van der Waals surface area contributed by atoms with Gasteiger partial charge in [0, 0.05) is 38.6 Å². The molecule has 1 aromatic rings. The lowest BCUT2D eigenvalue weighted by Crippen LogP contribution is -2.47. The summed E-state index contributed by atoms with van der Waals surface area (Å²) in [6.07, 6.45) is 0. The molecule has 27 heavy (non-hydrogen) atoms. The summed E-state index contributed by atoms with van der Waals surface area (Å²) < 4.78 is 44.8. The molecule has 2 rings (SSSR count). The minimum Gasteiger partial charge on any atom is -0.379 e. The van der Waals surface area contributed by atoms with Crippen LogP contribution < -0.4 is 10.6 Å². The first kappa shape index (κ1) is 21.6. The minimum absolute atomic E-state index is 0.0129. The Balaban J connectivity index is 1.83. The van der Waals surface area contributed by atoms with Gasteiger partial charge in [-0.2, -0.15) is 4.31 Å². The number of ether oxygens (including phenoxy) is 1. The van der Waals surface area contributed by atoms with E-state index in [1.54, 1.807) is 13.1 Å². The van der Waals surface area contributed by atoms with E-state index in [-0.39, 0.29) is 23.5 Å². The fourth-order valence-electron chi connectivity index (χ4n) is 2.79. The topological polar surface area (TPSA) is 83.0 Å². The van der Waals surface area contributed by atoms with E-state index in [2.05, 4.69) is 15.6 Å². The Hall–Kier alpha value is -1.71. The second-order valence-electron chi connectivity index (χ2n) is 7.07. The molecule has 0 aromatic heterocycles. The molecule has 0 unspecified atom stereocenters. The van der Waals surface area contributed by atoms with Gasteiger partial charge in [-0.1, -0.05) is 26.0 Å². The van der Waals surface area contributed by atoms with Crippen LogP contribution in [0.3, 0.4) is 0 Å². The lowest BCUT2D eigenvalue weighted by atomic mass is 9.84. The molecule has 0 aliphatic carbocycles. The first-order valence-corrected chi connectivity index (χ1v) is 10.6. The molecule has 1 aliphatic rings. The van der Waals surface area contributed by atoms with Crippen LogP contribution in [0.25, 0.3) is 0 Å². The van der Waals surface area contributed by atoms with Crippen LogP contribution in [0.4, 0.5) is 4.39 Å². The molecular formula is C18H29FN4O3S. The second-order valence-corrected chi connectivity index (χ2v) is 9.16. The van der Waals surface area contributed by atoms with Crippen LogP contribution in [0.5, 0.6) is 0 Å². The smallest absolute Gasteiger partial charge is 0.215 e. The first-order valence-electron chi connectivity index (χ1n) is 9.01.